The number of esters is 1. The van der Waals surface area contributed by atoms with E-state index in [1.807, 2.05) is 6.92 Å². The van der Waals surface area contributed by atoms with Crippen LogP contribution in [-0.4, -0.2) is 25.4 Å². The minimum absolute atomic E-state index is 0.0468. The van der Waals surface area contributed by atoms with Gasteiger partial charge in [-0.25, -0.2) is 9.18 Å². The molecule has 0 aliphatic rings. The molecule has 0 unspecified atom stereocenters. The summed E-state index contributed by atoms with van der Waals surface area (Å²) in [5.74, 6) is -1.25. The number of carbonyl (C=O) groups is 1. The summed E-state index contributed by atoms with van der Waals surface area (Å²) in [4.78, 5) is 12.3. The quantitative estimate of drug-likeness (QED) is 0.305. The van der Waals surface area contributed by atoms with E-state index in [2.05, 4.69) is 4.74 Å². The minimum Gasteiger partial charge on any atom is -0.494 e. The summed E-state index contributed by atoms with van der Waals surface area (Å²) < 4.78 is 66.3. The lowest BCUT2D eigenvalue weighted by Gasteiger charge is -2.12. The number of rotatable bonds is 6. The Bertz CT molecular complexity index is 1010. The van der Waals surface area contributed by atoms with Crippen LogP contribution >= 0.6 is 0 Å². The van der Waals surface area contributed by atoms with Gasteiger partial charge in [0.15, 0.2) is 18.2 Å². The Morgan fingerprint density at radius 2 is 1.62 bits per heavy atom. The van der Waals surface area contributed by atoms with Gasteiger partial charge in [0, 0.05) is 5.39 Å². The first-order valence-corrected chi connectivity index (χ1v) is 8.63. The molecule has 0 saturated heterocycles. The first-order chi connectivity index (χ1) is 13.8. The molecule has 0 aliphatic heterocycles. The molecule has 0 aliphatic carbocycles. The molecule has 152 valence electrons. The first kappa shape index (κ1) is 20.4. The van der Waals surface area contributed by atoms with E-state index in [9.17, 15) is 22.4 Å². The maximum Gasteiger partial charge on any atom is 0.422 e. The zero-order valence-corrected chi connectivity index (χ0v) is 15.3. The zero-order valence-electron chi connectivity index (χ0n) is 15.3. The first-order valence-electron chi connectivity index (χ1n) is 8.63. The van der Waals surface area contributed by atoms with E-state index in [0.29, 0.717) is 23.3 Å². The molecule has 0 amide bonds. The summed E-state index contributed by atoms with van der Waals surface area (Å²) in [5.41, 5.74) is 0.302. The molecular formula is C21H16F4O4. The van der Waals surface area contributed by atoms with E-state index in [1.165, 1.54) is 24.3 Å². The molecule has 0 atom stereocenters. The molecule has 0 heterocycles. The topological polar surface area (TPSA) is 44.8 Å². The van der Waals surface area contributed by atoms with Crippen molar-refractivity contribution in [1.82, 2.24) is 0 Å². The van der Waals surface area contributed by atoms with Crippen LogP contribution < -0.4 is 14.2 Å². The summed E-state index contributed by atoms with van der Waals surface area (Å²) in [7, 11) is 0. The van der Waals surface area contributed by atoms with Crippen molar-refractivity contribution in [2.24, 2.45) is 0 Å². The van der Waals surface area contributed by atoms with Gasteiger partial charge in [-0.3, -0.25) is 0 Å². The Hall–Kier alpha value is -3.29. The van der Waals surface area contributed by atoms with Crippen LogP contribution in [-0.2, 0) is 0 Å². The average molecular weight is 408 g/mol. The number of carbonyl (C=O) groups excluding carboxylic acids is 1. The summed E-state index contributed by atoms with van der Waals surface area (Å²) in [6, 6.07) is 12.9. The molecule has 29 heavy (non-hydrogen) atoms. The number of benzene rings is 3. The predicted octanol–water partition coefficient (Wildman–Crippen LogP) is 5.54. The molecule has 0 bridgehead atoms. The Morgan fingerprint density at radius 1 is 0.931 bits per heavy atom. The molecule has 0 N–H and O–H groups in total. The SMILES string of the molecule is CCOc1ccc(C(=O)Oc2ccc3c(F)c(OCC(F)(F)F)ccc3c2)cc1. The molecule has 0 radical (unpaired) electrons. The van der Waals surface area contributed by atoms with Gasteiger partial charge in [0.05, 0.1) is 12.2 Å². The van der Waals surface area contributed by atoms with E-state index in [4.69, 9.17) is 9.47 Å². The number of fused-ring (bicyclic) bond motifs is 1. The molecule has 4 nitrogen and oxygen atoms in total. The lowest BCUT2D eigenvalue weighted by Crippen LogP contribution is -2.19. The Labute approximate surface area is 163 Å². The van der Waals surface area contributed by atoms with Crippen LogP contribution in [0.1, 0.15) is 17.3 Å². The third-order valence-electron chi connectivity index (χ3n) is 3.89. The van der Waals surface area contributed by atoms with Gasteiger partial charge >= 0.3 is 12.1 Å². The van der Waals surface area contributed by atoms with Gasteiger partial charge < -0.3 is 14.2 Å². The van der Waals surface area contributed by atoms with Crippen molar-refractivity contribution < 1.29 is 36.6 Å². The van der Waals surface area contributed by atoms with Crippen LogP contribution in [0.3, 0.4) is 0 Å². The van der Waals surface area contributed by atoms with Gasteiger partial charge in [-0.15, -0.1) is 0 Å². The van der Waals surface area contributed by atoms with Gasteiger partial charge in [-0.1, -0.05) is 6.07 Å². The Balaban J connectivity index is 1.76. The van der Waals surface area contributed by atoms with Gasteiger partial charge in [0.2, 0.25) is 0 Å². The number of ether oxygens (including phenoxy) is 3. The standard InChI is InChI=1S/C21H16F4O4/c1-2-27-15-6-3-13(4-7-15)20(26)29-16-8-9-17-14(11-16)5-10-18(19(17)22)28-12-21(23,24)25/h3-11H,2,12H2,1H3. The number of hydrogen-bond acceptors (Lipinski definition) is 4. The molecule has 0 spiro atoms. The lowest BCUT2D eigenvalue weighted by atomic mass is 10.1. The average Bonchev–Trinajstić information content (AvgIpc) is 2.67. The fraction of sp³-hybridized carbons (Fsp3) is 0.190. The molecule has 0 aromatic heterocycles. The molecule has 3 aromatic carbocycles. The van der Waals surface area contributed by atoms with Gasteiger partial charge in [-0.05, 0) is 60.8 Å². The molecule has 3 aromatic rings. The van der Waals surface area contributed by atoms with E-state index in [1.54, 1.807) is 24.3 Å². The van der Waals surface area contributed by atoms with E-state index in [0.717, 1.165) is 6.07 Å². The van der Waals surface area contributed by atoms with Crippen molar-refractivity contribution in [2.75, 3.05) is 13.2 Å². The number of halogens is 4. The third kappa shape index (κ3) is 5.16. The second-order valence-electron chi connectivity index (χ2n) is 6.01. The summed E-state index contributed by atoms with van der Waals surface area (Å²) in [5, 5.41) is 0.393. The predicted molar refractivity (Wildman–Crippen MR) is 98.0 cm³/mol. The Morgan fingerprint density at radius 3 is 2.28 bits per heavy atom. The largest absolute Gasteiger partial charge is 0.494 e. The van der Waals surface area contributed by atoms with Crippen LogP contribution in [0.5, 0.6) is 17.2 Å². The van der Waals surface area contributed by atoms with Crippen molar-refractivity contribution in [3.63, 3.8) is 0 Å². The highest BCUT2D eigenvalue weighted by Gasteiger charge is 2.29. The Kier molecular flexibility index (Phi) is 5.91. The second-order valence-corrected chi connectivity index (χ2v) is 6.01. The third-order valence-corrected chi connectivity index (χ3v) is 3.89. The summed E-state index contributed by atoms with van der Waals surface area (Å²) in [6.07, 6.45) is -4.57. The van der Waals surface area contributed by atoms with Crippen LogP contribution in [0.25, 0.3) is 10.8 Å². The van der Waals surface area contributed by atoms with Gasteiger partial charge in [-0.2, -0.15) is 13.2 Å². The molecular weight excluding hydrogens is 392 g/mol. The van der Waals surface area contributed by atoms with Crippen molar-refractivity contribution in [3.05, 3.63) is 66.0 Å². The van der Waals surface area contributed by atoms with E-state index < -0.39 is 30.3 Å². The summed E-state index contributed by atoms with van der Waals surface area (Å²) in [6.45, 7) is 0.754. The smallest absolute Gasteiger partial charge is 0.422 e. The van der Waals surface area contributed by atoms with Crippen molar-refractivity contribution >= 4 is 16.7 Å². The van der Waals surface area contributed by atoms with E-state index in [-0.39, 0.29) is 11.1 Å². The van der Waals surface area contributed by atoms with Crippen LogP contribution in [0.2, 0.25) is 0 Å². The maximum absolute atomic E-state index is 14.4. The van der Waals surface area contributed by atoms with Crippen LogP contribution in [0.4, 0.5) is 17.6 Å². The van der Waals surface area contributed by atoms with Crippen molar-refractivity contribution in [2.45, 2.75) is 13.1 Å². The fourth-order valence-corrected chi connectivity index (χ4v) is 2.60. The highest BCUT2D eigenvalue weighted by molar-refractivity contribution is 5.92. The minimum atomic E-state index is -4.57. The normalized spacial score (nSPS) is 11.3. The maximum atomic E-state index is 14.4. The lowest BCUT2D eigenvalue weighted by molar-refractivity contribution is -0.153. The van der Waals surface area contributed by atoms with Crippen molar-refractivity contribution in [3.8, 4) is 17.2 Å². The fourth-order valence-electron chi connectivity index (χ4n) is 2.60. The van der Waals surface area contributed by atoms with Crippen LogP contribution in [0, 0.1) is 5.82 Å². The van der Waals surface area contributed by atoms with E-state index >= 15 is 0 Å². The van der Waals surface area contributed by atoms with Crippen LogP contribution in [0.15, 0.2) is 54.6 Å². The highest BCUT2D eigenvalue weighted by atomic mass is 19.4. The number of hydrogen-bond donors (Lipinski definition) is 0. The number of alkyl halides is 3. The molecule has 0 saturated carbocycles. The zero-order chi connectivity index (χ0) is 21.0. The van der Waals surface area contributed by atoms with Gasteiger partial charge in [0.25, 0.3) is 0 Å². The second kappa shape index (κ2) is 8.38. The van der Waals surface area contributed by atoms with Gasteiger partial charge in [0.1, 0.15) is 11.5 Å². The monoisotopic (exact) mass is 408 g/mol. The molecule has 0 fully saturated rings. The molecule has 8 heteroatoms. The highest BCUT2D eigenvalue weighted by Crippen LogP contribution is 2.30. The molecule has 3 rings (SSSR count). The summed E-state index contributed by atoms with van der Waals surface area (Å²) >= 11 is 0. The van der Waals surface area contributed by atoms with Crippen molar-refractivity contribution in [1.29, 1.82) is 0 Å².